The van der Waals surface area contributed by atoms with Crippen LogP contribution in [-0.4, -0.2) is 10.5 Å². The third kappa shape index (κ3) is 1.57. The Labute approximate surface area is 107 Å². The average molecular weight is 243 g/mol. The lowest BCUT2D eigenvalue weighted by atomic mass is 9.84. The zero-order chi connectivity index (χ0) is 12.7. The van der Waals surface area contributed by atoms with Crippen molar-refractivity contribution in [1.29, 1.82) is 0 Å². The van der Waals surface area contributed by atoms with Gasteiger partial charge in [-0.15, -0.1) is 4.68 Å². The van der Waals surface area contributed by atoms with Crippen molar-refractivity contribution in [2.45, 2.75) is 31.6 Å². The Hall–Kier alpha value is -1.64. The molecule has 1 atom stereocenters. The molecule has 3 heteroatoms. The zero-order valence-corrected chi connectivity index (χ0v) is 11.0. The Kier molecular flexibility index (Phi) is 2.69. The number of ketones is 1. The largest absolute Gasteiger partial charge is 0.299 e. The van der Waals surface area contributed by atoms with Crippen molar-refractivity contribution >= 4 is 16.7 Å². The molecule has 1 aliphatic carbocycles. The van der Waals surface area contributed by atoms with Gasteiger partial charge in [0.2, 0.25) is 5.52 Å². The predicted octanol–water partition coefficient (Wildman–Crippen LogP) is 2.23. The summed E-state index contributed by atoms with van der Waals surface area (Å²) in [4.78, 5) is 12.2. The number of nitrogens with zero attached hydrogens (tertiary/aromatic N) is 2. The van der Waals surface area contributed by atoms with Gasteiger partial charge >= 0.3 is 0 Å². The Balaban J connectivity index is 2.22. The second-order valence-electron chi connectivity index (χ2n) is 5.21. The van der Waals surface area contributed by atoms with E-state index in [0.29, 0.717) is 5.78 Å². The summed E-state index contributed by atoms with van der Waals surface area (Å²) in [6, 6.07) is 8.35. The number of benzene rings is 1. The summed E-state index contributed by atoms with van der Waals surface area (Å²) in [5.74, 6) is 0.503. The van der Waals surface area contributed by atoms with Crippen molar-refractivity contribution < 1.29 is 9.48 Å². The van der Waals surface area contributed by atoms with E-state index >= 15 is 0 Å². The Morgan fingerprint density at radius 3 is 2.83 bits per heavy atom. The number of para-hydroxylation sites is 1. The highest BCUT2D eigenvalue weighted by Crippen LogP contribution is 2.33. The molecule has 1 fully saturated rings. The molecule has 18 heavy (non-hydrogen) atoms. The highest BCUT2D eigenvalue weighted by atomic mass is 16.1. The lowest BCUT2D eigenvalue weighted by Crippen LogP contribution is -2.39. The van der Waals surface area contributed by atoms with Crippen LogP contribution in [0.15, 0.2) is 24.3 Å². The number of fused-ring (bicyclic) bond motifs is 1. The minimum Gasteiger partial charge on any atom is -0.299 e. The normalized spacial score (nSPS) is 20.6. The molecule has 0 N–H and O–H groups in total. The summed E-state index contributed by atoms with van der Waals surface area (Å²) in [7, 11) is 4.11. The fourth-order valence-electron chi connectivity index (χ4n) is 3.16. The summed E-state index contributed by atoms with van der Waals surface area (Å²) >= 11 is 0. The molecule has 0 amide bonds. The first kappa shape index (κ1) is 11.5. The standard InChI is InChI=1S/C15H19N2O/c1-16-13-9-5-3-7-11(13)15(17(16)2)12-8-4-6-10-14(12)18/h3,5,7,9,12H,4,6,8,10H2,1-2H3/q+1. The second kappa shape index (κ2) is 4.23. The quantitative estimate of drug-likeness (QED) is 0.705. The maximum absolute atomic E-state index is 12.2. The van der Waals surface area contributed by atoms with E-state index in [2.05, 4.69) is 47.7 Å². The SMILES string of the molecule is Cn1c(C2CCCCC2=O)c2ccccc2[n+]1C. The maximum Gasteiger partial charge on any atom is 0.238 e. The van der Waals surface area contributed by atoms with Gasteiger partial charge in [-0.05, 0) is 18.9 Å². The summed E-state index contributed by atoms with van der Waals surface area (Å²) in [6.07, 6.45) is 3.97. The Morgan fingerprint density at radius 2 is 2.06 bits per heavy atom. The predicted molar refractivity (Wildman–Crippen MR) is 70.3 cm³/mol. The first-order valence-electron chi connectivity index (χ1n) is 6.66. The van der Waals surface area contributed by atoms with Gasteiger partial charge in [-0.2, -0.15) is 4.68 Å². The maximum atomic E-state index is 12.2. The van der Waals surface area contributed by atoms with E-state index in [9.17, 15) is 4.79 Å². The molecule has 3 nitrogen and oxygen atoms in total. The van der Waals surface area contributed by atoms with Crippen LogP contribution >= 0.6 is 0 Å². The van der Waals surface area contributed by atoms with E-state index in [1.54, 1.807) is 0 Å². The van der Waals surface area contributed by atoms with Crippen LogP contribution in [0, 0.1) is 0 Å². The number of hydrogen-bond donors (Lipinski definition) is 0. The molecular formula is C15H19N2O+. The van der Waals surface area contributed by atoms with Crippen LogP contribution in [0.4, 0.5) is 0 Å². The molecule has 0 bridgehead atoms. The fourth-order valence-corrected chi connectivity index (χ4v) is 3.16. The van der Waals surface area contributed by atoms with Crippen LogP contribution in [0.2, 0.25) is 0 Å². The Morgan fingerprint density at radius 1 is 1.28 bits per heavy atom. The minimum atomic E-state index is 0.0925. The first-order chi connectivity index (χ1) is 8.70. The van der Waals surface area contributed by atoms with Gasteiger partial charge in [0.05, 0.1) is 18.4 Å². The van der Waals surface area contributed by atoms with Crippen LogP contribution in [0.1, 0.15) is 37.3 Å². The molecule has 1 aliphatic rings. The molecule has 0 spiro atoms. The second-order valence-corrected chi connectivity index (χ2v) is 5.21. The third-order valence-electron chi connectivity index (χ3n) is 4.21. The van der Waals surface area contributed by atoms with E-state index in [1.165, 1.54) is 23.0 Å². The third-order valence-corrected chi connectivity index (χ3v) is 4.21. The van der Waals surface area contributed by atoms with Crippen molar-refractivity contribution in [3.8, 4) is 0 Å². The van der Waals surface area contributed by atoms with Crippen LogP contribution in [0.5, 0.6) is 0 Å². The number of aromatic nitrogens is 2. The van der Waals surface area contributed by atoms with Crippen molar-refractivity contribution in [2.75, 3.05) is 0 Å². The van der Waals surface area contributed by atoms with Gasteiger partial charge < -0.3 is 0 Å². The average Bonchev–Trinajstić information content (AvgIpc) is 2.64. The van der Waals surface area contributed by atoms with Crippen LogP contribution in [-0.2, 0) is 18.9 Å². The van der Waals surface area contributed by atoms with E-state index in [4.69, 9.17) is 0 Å². The monoisotopic (exact) mass is 243 g/mol. The minimum absolute atomic E-state index is 0.0925. The van der Waals surface area contributed by atoms with Crippen LogP contribution in [0.25, 0.3) is 10.9 Å². The molecule has 1 saturated carbocycles. The molecule has 0 saturated heterocycles. The molecule has 1 aromatic carbocycles. The van der Waals surface area contributed by atoms with Gasteiger partial charge in [0.25, 0.3) is 0 Å². The van der Waals surface area contributed by atoms with Crippen molar-refractivity contribution in [1.82, 2.24) is 4.68 Å². The van der Waals surface area contributed by atoms with E-state index < -0.39 is 0 Å². The topological polar surface area (TPSA) is 25.9 Å². The number of carbonyl (C=O) groups excluding carboxylic acids is 1. The van der Waals surface area contributed by atoms with E-state index in [-0.39, 0.29) is 5.92 Å². The molecule has 2 aromatic rings. The molecule has 1 aromatic heterocycles. The van der Waals surface area contributed by atoms with Crippen LogP contribution < -0.4 is 4.68 Å². The molecule has 1 heterocycles. The molecule has 0 aliphatic heterocycles. The summed E-state index contributed by atoms with van der Waals surface area (Å²) < 4.78 is 4.27. The molecular weight excluding hydrogens is 224 g/mol. The number of hydrogen-bond acceptors (Lipinski definition) is 1. The Bertz CT molecular complexity index is 612. The van der Waals surface area contributed by atoms with E-state index in [0.717, 1.165) is 19.3 Å². The highest BCUT2D eigenvalue weighted by molar-refractivity contribution is 5.91. The van der Waals surface area contributed by atoms with Gasteiger partial charge in [-0.3, -0.25) is 4.79 Å². The van der Waals surface area contributed by atoms with Crippen LogP contribution in [0.3, 0.4) is 0 Å². The smallest absolute Gasteiger partial charge is 0.238 e. The van der Waals surface area contributed by atoms with Gasteiger partial charge in [0.1, 0.15) is 11.5 Å². The number of aryl methyl sites for hydroxylation is 1. The molecule has 94 valence electrons. The lowest BCUT2D eigenvalue weighted by Gasteiger charge is -2.19. The summed E-state index contributed by atoms with van der Waals surface area (Å²) in [6.45, 7) is 0. The highest BCUT2D eigenvalue weighted by Gasteiger charge is 2.31. The number of carbonyl (C=O) groups is 1. The first-order valence-corrected chi connectivity index (χ1v) is 6.66. The molecule has 0 radical (unpaired) electrons. The zero-order valence-electron chi connectivity index (χ0n) is 11.0. The van der Waals surface area contributed by atoms with Gasteiger partial charge in [0, 0.05) is 12.5 Å². The van der Waals surface area contributed by atoms with Gasteiger partial charge in [-0.25, -0.2) is 0 Å². The van der Waals surface area contributed by atoms with Crippen molar-refractivity contribution in [3.63, 3.8) is 0 Å². The van der Waals surface area contributed by atoms with Crippen molar-refractivity contribution in [2.24, 2.45) is 14.1 Å². The summed E-state index contributed by atoms with van der Waals surface area (Å²) in [5, 5.41) is 1.22. The molecule has 1 unspecified atom stereocenters. The number of Topliss-reactive ketones (excluding diaryl/α,β-unsaturated/α-hetero) is 1. The van der Waals surface area contributed by atoms with Gasteiger partial charge in [-0.1, -0.05) is 18.6 Å². The fraction of sp³-hybridized carbons (Fsp3) is 0.467. The van der Waals surface area contributed by atoms with Crippen molar-refractivity contribution in [3.05, 3.63) is 30.0 Å². The number of rotatable bonds is 1. The lowest BCUT2D eigenvalue weighted by molar-refractivity contribution is -0.728. The molecule has 3 rings (SSSR count). The summed E-state index contributed by atoms with van der Waals surface area (Å²) in [5.41, 5.74) is 2.39. The van der Waals surface area contributed by atoms with E-state index in [1.807, 2.05) is 0 Å². The van der Waals surface area contributed by atoms with Gasteiger partial charge in [0.15, 0.2) is 7.05 Å².